The number of aromatic carboxylic acids is 1. The third-order valence-electron chi connectivity index (χ3n) is 1.90. The van der Waals surface area contributed by atoms with Crippen LogP contribution in [0.5, 0.6) is 0 Å². The van der Waals surface area contributed by atoms with E-state index in [-0.39, 0.29) is 22.2 Å². The van der Waals surface area contributed by atoms with Crippen molar-refractivity contribution in [2.45, 2.75) is 0 Å². The standard InChI is InChI=1S/C10H5ClFNO3/c11-5-2-1-3-6(12)8(5)9-13-7(4-16-9)10(14)15/h1-4H,(H,14,15). The summed E-state index contributed by atoms with van der Waals surface area (Å²) in [5.41, 5.74) is -0.342. The van der Waals surface area contributed by atoms with Crippen LogP contribution in [0.15, 0.2) is 28.9 Å². The van der Waals surface area contributed by atoms with E-state index in [0.29, 0.717) is 0 Å². The molecule has 1 N–H and O–H groups in total. The predicted octanol–water partition coefficient (Wildman–Crippen LogP) is 2.83. The summed E-state index contributed by atoms with van der Waals surface area (Å²) in [4.78, 5) is 14.2. The fourth-order valence-corrected chi connectivity index (χ4v) is 1.43. The first-order valence-electron chi connectivity index (χ1n) is 4.23. The van der Waals surface area contributed by atoms with Crippen molar-refractivity contribution >= 4 is 17.6 Å². The maximum absolute atomic E-state index is 13.4. The molecule has 16 heavy (non-hydrogen) atoms. The van der Waals surface area contributed by atoms with E-state index < -0.39 is 11.8 Å². The largest absolute Gasteiger partial charge is 0.476 e. The monoisotopic (exact) mass is 241 g/mol. The van der Waals surface area contributed by atoms with Crippen molar-refractivity contribution < 1.29 is 18.7 Å². The van der Waals surface area contributed by atoms with E-state index in [4.69, 9.17) is 21.1 Å². The van der Waals surface area contributed by atoms with Gasteiger partial charge in [0.15, 0.2) is 5.69 Å². The number of carboxylic acid groups (broad SMARTS) is 1. The van der Waals surface area contributed by atoms with Crippen LogP contribution in [0.25, 0.3) is 11.5 Å². The molecule has 0 spiro atoms. The molecule has 0 atom stereocenters. The minimum Gasteiger partial charge on any atom is -0.476 e. The Morgan fingerprint density at radius 1 is 1.50 bits per heavy atom. The number of rotatable bonds is 2. The molecule has 2 rings (SSSR count). The normalized spacial score (nSPS) is 10.4. The summed E-state index contributed by atoms with van der Waals surface area (Å²) in [6.45, 7) is 0. The highest BCUT2D eigenvalue weighted by Crippen LogP contribution is 2.29. The van der Waals surface area contributed by atoms with Crippen molar-refractivity contribution in [3.05, 3.63) is 41.0 Å². The molecule has 2 aromatic rings. The van der Waals surface area contributed by atoms with Crippen LogP contribution in [0.3, 0.4) is 0 Å². The summed E-state index contributed by atoms with van der Waals surface area (Å²) in [5, 5.41) is 8.74. The average Bonchev–Trinajstić information content (AvgIpc) is 2.66. The van der Waals surface area contributed by atoms with Gasteiger partial charge in [0.2, 0.25) is 5.89 Å². The fraction of sp³-hybridized carbons (Fsp3) is 0. The highest BCUT2D eigenvalue weighted by atomic mass is 35.5. The van der Waals surface area contributed by atoms with Gasteiger partial charge in [-0.3, -0.25) is 0 Å². The minimum atomic E-state index is -1.25. The highest BCUT2D eigenvalue weighted by molar-refractivity contribution is 6.33. The van der Waals surface area contributed by atoms with Crippen molar-refractivity contribution in [3.63, 3.8) is 0 Å². The van der Waals surface area contributed by atoms with Crippen LogP contribution in [-0.4, -0.2) is 16.1 Å². The van der Waals surface area contributed by atoms with Gasteiger partial charge in [-0.15, -0.1) is 0 Å². The van der Waals surface area contributed by atoms with Gasteiger partial charge in [-0.2, -0.15) is 0 Å². The molecular weight excluding hydrogens is 237 g/mol. The van der Waals surface area contributed by atoms with Gasteiger partial charge in [-0.25, -0.2) is 14.2 Å². The molecule has 0 saturated heterocycles. The molecule has 0 fully saturated rings. The number of benzene rings is 1. The van der Waals surface area contributed by atoms with Gasteiger partial charge in [0.05, 0.1) is 10.6 Å². The molecule has 1 aromatic heterocycles. The van der Waals surface area contributed by atoms with Crippen LogP contribution in [0.1, 0.15) is 10.5 Å². The van der Waals surface area contributed by atoms with E-state index >= 15 is 0 Å². The second kappa shape index (κ2) is 3.94. The second-order valence-electron chi connectivity index (χ2n) is 2.94. The van der Waals surface area contributed by atoms with E-state index in [1.165, 1.54) is 18.2 Å². The van der Waals surface area contributed by atoms with E-state index in [9.17, 15) is 9.18 Å². The Bertz CT molecular complexity index is 532. The fourth-order valence-electron chi connectivity index (χ4n) is 1.19. The SMILES string of the molecule is O=C(O)c1coc(-c2c(F)cccc2Cl)n1. The average molecular weight is 242 g/mol. The zero-order chi connectivity index (χ0) is 11.7. The van der Waals surface area contributed by atoms with Gasteiger partial charge in [0, 0.05) is 0 Å². The quantitative estimate of drug-likeness (QED) is 0.878. The van der Waals surface area contributed by atoms with Crippen molar-refractivity contribution in [3.8, 4) is 11.5 Å². The lowest BCUT2D eigenvalue weighted by atomic mass is 10.2. The molecule has 6 heteroatoms. The molecular formula is C10H5ClFNO3. The van der Waals surface area contributed by atoms with Crippen LogP contribution >= 0.6 is 11.6 Å². The topological polar surface area (TPSA) is 63.3 Å². The first-order chi connectivity index (χ1) is 7.59. The van der Waals surface area contributed by atoms with Crippen molar-refractivity contribution in [2.24, 2.45) is 0 Å². The molecule has 0 unspecified atom stereocenters. The first kappa shape index (κ1) is 10.6. The van der Waals surface area contributed by atoms with Gasteiger partial charge >= 0.3 is 5.97 Å². The molecule has 1 heterocycles. The second-order valence-corrected chi connectivity index (χ2v) is 3.35. The van der Waals surface area contributed by atoms with Crippen molar-refractivity contribution in [1.29, 1.82) is 0 Å². The molecule has 4 nitrogen and oxygen atoms in total. The summed E-state index contributed by atoms with van der Waals surface area (Å²) in [7, 11) is 0. The van der Waals surface area contributed by atoms with Gasteiger partial charge in [-0.1, -0.05) is 17.7 Å². The number of carboxylic acids is 1. The highest BCUT2D eigenvalue weighted by Gasteiger charge is 2.17. The Labute approximate surface area is 94.3 Å². The van der Waals surface area contributed by atoms with E-state index in [0.717, 1.165) is 6.26 Å². The number of hydrogen-bond acceptors (Lipinski definition) is 3. The van der Waals surface area contributed by atoms with Crippen molar-refractivity contribution in [2.75, 3.05) is 0 Å². The molecule has 0 aliphatic heterocycles. The Hall–Kier alpha value is -1.88. The molecule has 0 radical (unpaired) electrons. The smallest absolute Gasteiger partial charge is 0.357 e. The minimum absolute atomic E-state index is 0.0448. The Morgan fingerprint density at radius 2 is 2.25 bits per heavy atom. The third kappa shape index (κ3) is 1.77. The molecule has 0 aliphatic carbocycles. The maximum atomic E-state index is 13.4. The zero-order valence-electron chi connectivity index (χ0n) is 7.78. The summed E-state index contributed by atoms with van der Waals surface area (Å²) < 4.78 is 18.3. The summed E-state index contributed by atoms with van der Waals surface area (Å²) in [6, 6.07) is 4.08. The van der Waals surface area contributed by atoms with E-state index in [1.807, 2.05) is 0 Å². The number of aromatic nitrogens is 1. The van der Waals surface area contributed by atoms with E-state index in [1.54, 1.807) is 0 Å². The molecule has 82 valence electrons. The van der Waals surface area contributed by atoms with Crippen LogP contribution < -0.4 is 0 Å². The number of carbonyl (C=O) groups is 1. The molecule has 0 saturated carbocycles. The lowest BCUT2D eigenvalue weighted by Crippen LogP contribution is -1.96. The summed E-state index contributed by atoms with van der Waals surface area (Å²) in [5.74, 6) is -2.02. The molecule has 0 bridgehead atoms. The van der Waals surface area contributed by atoms with Gasteiger partial charge in [0.1, 0.15) is 12.1 Å². The summed E-state index contributed by atoms with van der Waals surface area (Å²) >= 11 is 5.77. The first-order valence-corrected chi connectivity index (χ1v) is 4.60. The van der Waals surface area contributed by atoms with Gasteiger partial charge in [-0.05, 0) is 12.1 Å². The number of halogens is 2. The van der Waals surface area contributed by atoms with Gasteiger partial charge in [0.25, 0.3) is 0 Å². The Morgan fingerprint density at radius 3 is 2.81 bits per heavy atom. The Balaban J connectivity index is 2.54. The van der Waals surface area contributed by atoms with Crippen LogP contribution in [0, 0.1) is 5.82 Å². The molecule has 0 aliphatic rings. The number of oxazole rings is 1. The Kier molecular flexibility index (Phi) is 2.62. The summed E-state index contributed by atoms with van der Waals surface area (Å²) in [6.07, 6.45) is 0.931. The lowest BCUT2D eigenvalue weighted by molar-refractivity contribution is 0.0690. The van der Waals surface area contributed by atoms with Crippen LogP contribution in [0.2, 0.25) is 5.02 Å². The van der Waals surface area contributed by atoms with Crippen LogP contribution in [0.4, 0.5) is 4.39 Å². The maximum Gasteiger partial charge on any atom is 0.357 e. The molecule has 0 amide bonds. The van der Waals surface area contributed by atoms with E-state index in [2.05, 4.69) is 4.98 Å². The van der Waals surface area contributed by atoms with Crippen LogP contribution in [-0.2, 0) is 0 Å². The predicted molar refractivity (Wildman–Crippen MR) is 53.9 cm³/mol. The zero-order valence-corrected chi connectivity index (χ0v) is 8.53. The van der Waals surface area contributed by atoms with Crippen molar-refractivity contribution in [1.82, 2.24) is 4.98 Å². The third-order valence-corrected chi connectivity index (χ3v) is 2.21. The number of hydrogen-bond donors (Lipinski definition) is 1. The van der Waals surface area contributed by atoms with Gasteiger partial charge < -0.3 is 9.52 Å². The molecule has 1 aromatic carbocycles. The lowest BCUT2D eigenvalue weighted by Gasteiger charge is -1.99. The number of nitrogens with zero attached hydrogens (tertiary/aromatic N) is 1.